The second-order valence-electron chi connectivity index (χ2n) is 5.76. The molecule has 1 aromatic rings. The molecule has 0 radical (unpaired) electrons. The molecule has 0 unspecified atom stereocenters. The molecule has 1 fully saturated rings. The van der Waals surface area contributed by atoms with Crippen LogP contribution in [0, 0.1) is 5.92 Å². The summed E-state index contributed by atoms with van der Waals surface area (Å²) in [4.78, 5) is 13.6. The maximum atomic E-state index is 11.8. The Morgan fingerprint density at radius 3 is 2.90 bits per heavy atom. The third-order valence-electron chi connectivity index (χ3n) is 3.50. The molecule has 2 N–H and O–H groups in total. The van der Waals surface area contributed by atoms with E-state index < -0.39 is 0 Å². The predicted octanol–water partition coefficient (Wildman–Crippen LogP) is 3.15. The molecule has 2 rings (SSSR count). The van der Waals surface area contributed by atoms with E-state index in [4.69, 9.17) is 12.2 Å². The van der Waals surface area contributed by atoms with Crippen molar-refractivity contribution in [2.24, 2.45) is 5.92 Å². The number of benzene rings is 1. The van der Waals surface area contributed by atoms with E-state index in [1.165, 1.54) is 0 Å². The molecule has 0 saturated carbocycles. The number of hydrogen-bond acceptors (Lipinski definition) is 2. The molecule has 1 aliphatic rings. The highest BCUT2D eigenvalue weighted by Gasteiger charge is 2.21. The van der Waals surface area contributed by atoms with E-state index in [0.29, 0.717) is 17.5 Å². The Morgan fingerprint density at radius 1 is 1.43 bits per heavy atom. The molecule has 1 saturated heterocycles. The molecule has 21 heavy (non-hydrogen) atoms. The van der Waals surface area contributed by atoms with E-state index in [0.717, 1.165) is 37.3 Å². The predicted molar refractivity (Wildman–Crippen MR) is 91.7 cm³/mol. The van der Waals surface area contributed by atoms with Crippen LogP contribution >= 0.6 is 12.2 Å². The van der Waals surface area contributed by atoms with Crippen LogP contribution in [0.3, 0.4) is 0 Å². The average molecular weight is 305 g/mol. The van der Waals surface area contributed by atoms with Crippen molar-refractivity contribution >= 4 is 34.6 Å². The molecular weight excluding hydrogens is 282 g/mol. The van der Waals surface area contributed by atoms with Gasteiger partial charge in [0.25, 0.3) is 0 Å². The smallest absolute Gasteiger partial charge is 0.227 e. The van der Waals surface area contributed by atoms with Crippen molar-refractivity contribution in [2.45, 2.75) is 33.1 Å². The minimum atomic E-state index is 0.199. The van der Waals surface area contributed by atoms with Gasteiger partial charge in [-0.3, -0.25) is 4.79 Å². The quantitative estimate of drug-likeness (QED) is 0.820. The molecule has 0 aliphatic carbocycles. The Morgan fingerprint density at radius 2 is 2.24 bits per heavy atom. The highest BCUT2D eigenvalue weighted by molar-refractivity contribution is 7.80. The summed E-state index contributed by atoms with van der Waals surface area (Å²) in [6.07, 6.45) is 2.67. The van der Waals surface area contributed by atoms with Crippen molar-refractivity contribution in [3.8, 4) is 0 Å². The van der Waals surface area contributed by atoms with Gasteiger partial charge in [0.1, 0.15) is 0 Å². The number of carbonyl (C=O) groups excluding carboxylic acids is 1. The summed E-state index contributed by atoms with van der Waals surface area (Å²) in [5, 5.41) is 7.00. The number of anilines is 2. The first-order chi connectivity index (χ1) is 10.1. The van der Waals surface area contributed by atoms with Crippen LogP contribution in [0.4, 0.5) is 11.4 Å². The van der Waals surface area contributed by atoms with Crippen molar-refractivity contribution in [2.75, 3.05) is 23.3 Å². The van der Waals surface area contributed by atoms with Crippen molar-refractivity contribution in [1.29, 1.82) is 0 Å². The monoisotopic (exact) mass is 305 g/mol. The third-order valence-corrected chi connectivity index (χ3v) is 3.74. The van der Waals surface area contributed by atoms with Crippen LogP contribution in [0.15, 0.2) is 24.3 Å². The van der Waals surface area contributed by atoms with Crippen LogP contribution < -0.4 is 15.5 Å². The number of thiocarbonyl (C=S) groups is 1. The van der Waals surface area contributed by atoms with Crippen molar-refractivity contribution < 1.29 is 4.79 Å². The number of nitrogens with one attached hydrogen (secondary N) is 2. The average Bonchev–Trinajstić information content (AvgIpc) is 2.85. The molecule has 4 nitrogen and oxygen atoms in total. The lowest BCUT2D eigenvalue weighted by atomic mass is 10.1. The maximum absolute atomic E-state index is 11.8. The molecule has 1 aromatic carbocycles. The lowest BCUT2D eigenvalue weighted by molar-refractivity contribution is -0.117. The Labute approximate surface area is 131 Å². The van der Waals surface area contributed by atoms with E-state index in [-0.39, 0.29) is 5.91 Å². The van der Waals surface area contributed by atoms with E-state index in [1.54, 1.807) is 0 Å². The molecule has 1 heterocycles. The molecule has 0 bridgehead atoms. The van der Waals surface area contributed by atoms with Gasteiger partial charge in [0.15, 0.2) is 5.11 Å². The fraction of sp³-hybridized carbons (Fsp3) is 0.500. The normalized spacial score (nSPS) is 14.6. The lowest BCUT2D eigenvalue weighted by Crippen LogP contribution is -2.30. The molecular formula is C16H23N3OS. The van der Waals surface area contributed by atoms with E-state index in [9.17, 15) is 4.79 Å². The SMILES string of the molecule is CC(C)CCNC(=S)Nc1cccc(N2CCCC2=O)c1. The van der Waals surface area contributed by atoms with Crippen LogP contribution in [0.1, 0.15) is 33.1 Å². The van der Waals surface area contributed by atoms with Gasteiger partial charge >= 0.3 is 0 Å². The Hall–Kier alpha value is -1.62. The number of amides is 1. The number of hydrogen-bond donors (Lipinski definition) is 2. The summed E-state index contributed by atoms with van der Waals surface area (Å²) in [5.41, 5.74) is 1.85. The number of rotatable bonds is 5. The minimum absolute atomic E-state index is 0.199. The van der Waals surface area contributed by atoms with E-state index in [2.05, 4.69) is 24.5 Å². The molecule has 1 amide bonds. The summed E-state index contributed by atoms with van der Waals surface area (Å²) >= 11 is 5.29. The summed E-state index contributed by atoms with van der Waals surface area (Å²) < 4.78 is 0. The van der Waals surface area contributed by atoms with Gasteiger partial charge in [-0.05, 0) is 49.2 Å². The fourth-order valence-corrected chi connectivity index (χ4v) is 2.54. The van der Waals surface area contributed by atoms with Gasteiger partial charge in [-0.25, -0.2) is 0 Å². The Bertz CT molecular complexity index is 516. The summed E-state index contributed by atoms with van der Waals surface area (Å²) in [5.74, 6) is 0.856. The number of nitrogens with zero attached hydrogens (tertiary/aromatic N) is 1. The van der Waals surface area contributed by atoms with Crippen LogP contribution in [0.5, 0.6) is 0 Å². The Kier molecular flexibility index (Phi) is 5.56. The maximum Gasteiger partial charge on any atom is 0.227 e. The number of carbonyl (C=O) groups is 1. The van der Waals surface area contributed by atoms with Crippen LogP contribution in [0.25, 0.3) is 0 Å². The van der Waals surface area contributed by atoms with Gasteiger partial charge in [-0.1, -0.05) is 19.9 Å². The second-order valence-corrected chi connectivity index (χ2v) is 6.17. The highest BCUT2D eigenvalue weighted by atomic mass is 32.1. The van der Waals surface area contributed by atoms with Gasteiger partial charge in [0, 0.05) is 30.9 Å². The van der Waals surface area contributed by atoms with Gasteiger partial charge < -0.3 is 15.5 Å². The molecule has 0 aromatic heterocycles. The van der Waals surface area contributed by atoms with Gasteiger partial charge in [0.2, 0.25) is 5.91 Å². The fourth-order valence-electron chi connectivity index (χ4n) is 2.32. The van der Waals surface area contributed by atoms with Gasteiger partial charge in [-0.2, -0.15) is 0 Å². The minimum Gasteiger partial charge on any atom is -0.362 e. The summed E-state index contributed by atoms with van der Waals surface area (Å²) in [6, 6.07) is 7.84. The largest absolute Gasteiger partial charge is 0.362 e. The second kappa shape index (κ2) is 7.41. The van der Waals surface area contributed by atoms with Crippen molar-refractivity contribution in [3.05, 3.63) is 24.3 Å². The standard InChI is InChI=1S/C16H23N3OS/c1-12(2)8-9-17-16(21)18-13-5-3-6-14(11-13)19-10-4-7-15(19)20/h3,5-6,11-12H,4,7-10H2,1-2H3,(H2,17,18,21). The molecule has 114 valence electrons. The summed E-state index contributed by atoms with van der Waals surface area (Å²) in [7, 11) is 0. The zero-order valence-electron chi connectivity index (χ0n) is 12.7. The molecule has 5 heteroatoms. The highest BCUT2D eigenvalue weighted by Crippen LogP contribution is 2.24. The van der Waals surface area contributed by atoms with E-state index >= 15 is 0 Å². The first kappa shape index (κ1) is 15.8. The van der Waals surface area contributed by atoms with Gasteiger partial charge in [-0.15, -0.1) is 0 Å². The van der Waals surface area contributed by atoms with E-state index in [1.807, 2.05) is 29.2 Å². The zero-order valence-corrected chi connectivity index (χ0v) is 13.5. The molecule has 0 atom stereocenters. The van der Waals surface area contributed by atoms with Crippen molar-refractivity contribution in [1.82, 2.24) is 5.32 Å². The van der Waals surface area contributed by atoms with Gasteiger partial charge in [0.05, 0.1) is 0 Å². The summed E-state index contributed by atoms with van der Waals surface area (Å²) in [6.45, 7) is 6.05. The van der Waals surface area contributed by atoms with Crippen LogP contribution in [0.2, 0.25) is 0 Å². The van der Waals surface area contributed by atoms with Crippen LogP contribution in [-0.4, -0.2) is 24.1 Å². The Balaban J connectivity index is 1.91. The van der Waals surface area contributed by atoms with Crippen molar-refractivity contribution in [3.63, 3.8) is 0 Å². The first-order valence-corrected chi connectivity index (χ1v) is 7.92. The molecule has 0 spiro atoms. The zero-order chi connectivity index (χ0) is 15.2. The topological polar surface area (TPSA) is 44.4 Å². The molecule has 1 aliphatic heterocycles. The first-order valence-electron chi connectivity index (χ1n) is 7.51. The lowest BCUT2D eigenvalue weighted by Gasteiger charge is -2.17. The van der Waals surface area contributed by atoms with Crippen LogP contribution in [-0.2, 0) is 4.79 Å². The third kappa shape index (κ3) is 4.70.